The zero-order valence-corrected chi connectivity index (χ0v) is 11.5. The van der Waals surface area contributed by atoms with Gasteiger partial charge in [-0.2, -0.15) is 13.2 Å². The van der Waals surface area contributed by atoms with Crippen molar-refractivity contribution in [1.82, 2.24) is 0 Å². The van der Waals surface area contributed by atoms with Crippen LogP contribution in [0, 0.1) is 6.92 Å². The second-order valence-electron chi connectivity index (χ2n) is 4.93. The van der Waals surface area contributed by atoms with Crippen molar-refractivity contribution in [2.24, 2.45) is 0 Å². The number of rotatable bonds is 4. The van der Waals surface area contributed by atoms with E-state index in [0.29, 0.717) is 5.56 Å². The summed E-state index contributed by atoms with van der Waals surface area (Å²) in [6.07, 6.45) is -3.30. The van der Waals surface area contributed by atoms with E-state index in [4.69, 9.17) is 0 Å². The van der Waals surface area contributed by atoms with Crippen LogP contribution in [-0.4, -0.2) is 6.29 Å². The zero-order valence-electron chi connectivity index (χ0n) is 11.5. The maximum atomic E-state index is 12.6. The van der Waals surface area contributed by atoms with Gasteiger partial charge in [-0.15, -0.1) is 0 Å². The zero-order chi connectivity index (χ0) is 15.5. The molecule has 0 saturated heterocycles. The highest BCUT2D eigenvalue weighted by atomic mass is 19.4. The Labute approximate surface area is 121 Å². The highest BCUT2D eigenvalue weighted by molar-refractivity contribution is 5.55. The van der Waals surface area contributed by atoms with Crippen LogP contribution >= 0.6 is 0 Å². The van der Waals surface area contributed by atoms with Gasteiger partial charge in [-0.05, 0) is 35.7 Å². The van der Waals surface area contributed by atoms with Gasteiger partial charge >= 0.3 is 6.18 Å². The van der Waals surface area contributed by atoms with Crippen LogP contribution in [-0.2, 0) is 11.0 Å². The van der Waals surface area contributed by atoms with Gasteiger partial charge in [0, 0.05) is 12.3 Å². The number of aldehydes is 1. The number of hydrogen-bond donors (Lipinski definition) is 0. The van der Waals surface area contributed by atoms with Gasteiger partial charge in [0.25, 0.3) is 0 Å². The van der Waals surface area contributed by atoms with Crippen molar-refractivity contribution in [1.29, 1.82) is 0 Å². The topological polar surface area (TPSA) is 17.1 Å². The van der Waals surface area contributed by atoms with Crippen molar-refractivity contribution < 1.29 is 18.0 Å². The molecule has 0 N–H and O–H groups in total. The lowest BCUT2D eigenvalue weighted by molar-refractivity contribution is -0.137. The third kappa shape index (κ3) is 3.51. The molecular formula is C17H15F3O. The van der Waals surface area contributed by atoms with Crippen LogP contribution in [0.3, 0.4) is 0 Å². The number of hydrogen-bond acceptors (Lipinski definition) is 1. The summed E-state index contributed by atoms with van der Waals surface area (Å²) in [6.45, 7) is 1.93. The van der Waals surface area contributed by atoms with Gasteiger partial charge in [0.1, 0.15) is 6.29 Å². The first-order valence-electron chi connectivity index (χ1n) is 6.60. The molecule has 2 aromatic rings. The smallest absolute Gasteiger partial charge is 0.303 e. The summed E-state index contributed by atoms with van der Waals surface area (Å²) in [5, 5.41) is 0. The molecule has 4 heteroatoms. The summed E-state index contributed by atoms with van der Waals surface area (Å²) < 4.78 is 37.8. The molecule has 2 rings (SSSR count). The van der Waals surface area contributed by atoms with Gasteiger partial charge in [0.05, 0.1) is 5.56 Å². The molecule has 0 radical (unpaired) electrons. The summed E-state index contributed by atoms with van der Waals surface area (Å²) in [5.74, 6) is -0.217. The Morgan fingerprint density at radius 2 is 1.67 bits per heavy atom. The molecule has 0 saturated carbocycles. The van der Waals surface area contributed by atoms with Crippen LogP contribution in [0.2, 0.25) is 0 Å². The summed E-state index contributed by atoms with van der Waals surface area (Å²) in [7, 11) is 0. The first kappa shape index (κ1) is 15.3. The van der Waals surface area contributed by atoms with E-state index in [1.807, 2.05) is 31.2 Å². The molecule has 0 bridgehead atoms. The molecule has 1 atom stereocenters. The Morgan fingerprint density at radius 3 is 2.19 bits per heavy atom. The average Bonchev–Trinajstić information content (AvgIpc) is 2.45. The van der Waals surface area contributed by atoms with Crippen molar-refractivity contribution >= 4 is 6.29 Å². The molecule has 110 valence electrons. The van der Waals surface area contributed by atoms with Crippen LogP contribution in [0.15, 0.2) is 48.5 Å². The van der Waals surface area contributed by atoms with E-state index in [1.54, 1.807) is 0 Å². The quantitative estimate of drug-likeness (QED) is 0.744. The molecule has 0 aliphatic heterocycles. The Hall–Kier alpha value is -2.10. The fourth-order valence-electron chi connectivity index (χ4n) is 2.42. The molecule has 0 aliphatic carbocycles. The van der Waals surface area contributed by atoms with Crippen molar-refractivity contribution in [3.63, 3.8) is 0 Å². The van der Waals surface area contributed by atoms with Crippen LogP contribution in [0.25, 0.3) is 0 Å². The highest BCUT2D eigenvalue weighted by Crippen LogP contribution is 2.33. The number of aryl methyl sites for hydroxylation is 1. The van der Waals surface area contributed by atoms with Crippen LogP contribution < -0.4 is 0 Å². The van der Waals surface area contributed by atoms with Crippen LogP contribution in [0.5, 0.6) is 0 Å². The predicted octanol–water partition coefficient (Wildman–Crippen LogP) is 4.73. The molecule has 1 unspecified atom stereocenters. The molecule has 0 aromatic heterocycles. The summed E-state index contributed by atoms with van der Waals surface area (Å²) >= 11 is 0. The second kappa shape index (κ2) is 6.12. The Bertz CT molecular complexity index is 615. The lowest BCUT2D eigenvalue weighted by atomic mass is 9.86. The van der Waals surface area contributed by atoms with E-state index in [2.05, 4.69) is 0 Å². The van der Waals surface area contributed by atoms with Gasteiger partial charge in [0.2, 0.25) is 0 Å². The first-order valence-corrected chi connectivity index (χ1v) is 6.60. The summed E-state index contributed by atoms with van der Waals surface area (Å²) in [4.78, 5) is 10.9. The van der Waals surface area contributed by atoms with E-state index in [-0.39, 0.29) is 12.3 Å². The molecule has 1 nitrogen and oxygen atoms in total. The Balaban J connectivity index is 2.40. The standard InChI is InChI=1S/C17H15F3O/c1-12-4-2-3-5-15(12)16(10-11-21)13-6-8-14(9-7-13)17(18,19)20/h2-9,11,16H,10H2,1H3. The SMILES string of the molecule is Cc1ccccc1C(CC=O)c1ccc(C(F)(F)F)cc1. The summed E-state index contributed by atoms with van der Waals surface area (Å²) in [6, 6.07) is 12.6. The van der Waals surface area contributed by atoms with E-state index >= 15 is 0 Å². The largest absolute Gasteiger partial charge is 0.416 e. The monoisotopic (exact) mass is 292 g/mol. The minimum absolute atomic E-state index is 0.217. The fourth-order valence-corrected chi connectivity index (χ4v) is 2.42. The lowest BCUT2D eigenvalue weighted by Crippen LogP contribution is -2.07. The molecule has 0 heterocycles. The number of carbonyl (C=O) groups excluding carboxylic acids is 1. The third-order valence-corrected chi connectivity index (χ3v) is 3.54. The molecule has 0 amide bonds. The van der Waals surface area contributed by atoms with Crippen LogP contribution in [0.1, 0.15) is 34.6 Å². The predicted molar refractivity (Wildman–Crippen MR) is 75.1 cm³/mol. The normalized spacial score (nSPS) is 13.0. The molecule has 2 aromatic carbocycles. The maximum Gasteiger partial charge on any atom is 0.416 e. The first-order chi connectivity index (χ1) is 9.93. The van der Waals surface area contributed by atoms with E-state index in [0.717, 1.165) is 29.5 Å². The van der Waals surface area contributed by atoms with Crippen LogP contribution in [0.4, 0.5) is 13.2 Å². The van der Waals surface area contributed by atoms with Crippen molar-refractivity contribution in [3.05, 3.63) is 70.8 Å². The minimum atomic E-state index is -4.35. The third-order valence-electron chi connectivity index (χ3n) is 3.54. The number of halogens is 3. The van der Waals surface area contributed by atoms with Gasteiger partial charge < -0.3 is 4.79 Å². The number of carbonyl (C=O) groups is 1. The highest BCUT2D eigenvalue weighted by Gasteiger charge is 2.30. The molecule has 0 spiro atoms. The molecule has 0 aliphatic rings. The van der Waals surface area contributed by atoms with E-state index < -0.39 is 11.7 Å². The lowest BCUT2D eigenvalue weighted by Gasteiger charge is -2.18. The maximum absolute atomic E-state index is 12.6. The van der Waals surface area contributed by atoms with Gasteiger partial charge in [-0.3, -0.25) is 0 Å². The van der Waals surface area contributed by atoms with Gasteiger partial charge in [-0.1, -0.05) is 36.4 Å². The fraction of sp³-hybridized carbons (Fsp3) is 0.235. The number of benzene rings is 2. The Morgan fingerprint density at radius 1 is 1.05 bits per heavy atom. The average molecular weight is 292 g/mol. The molecule has 21 heavy (non-hydrogen) atoms. The van der Waals surface area contributed by atoms with Crippen molar-refractivity contribution in [3.8, 4) is 0 Å². The number of alkyl halides is 3. The van der Waals surface area contributed by atoms with Gasteiger partial charge in [0.15, 0.2) is 0 Å². The van der Waals surface area contributed by atoms with Crippen molar-refractivity contribution in [2.75, 3.05) is 0 Å². The second-order valence-corrected chi connectivity index (χ2v) is 4.93. The van der Waals surface area contributed by atoms with Crippen molar-refractivity contribution in [2.45, 2.75) is 25.4 Å². The van der Waals surface area contributed by atoms with E-state index in [9.17, 15) is 18.0 Å². The van der Waals surface area contributed by atoms with Gasteiger partial charge in [-0.25, -0.2) is 0 Å². The Kier molecular flexibility index (Phi) is 4.46. The summed E-state index contributed by atoms with van der Waals surface area (Å²) in [5.41, 5.74) is 2.01. The van der Waals surface area contributed by atoms with E-state index in [1.165, 1.54) is 12.1 Å². The molecular weight excluding hydrogens is 277 g/mol. The molecule has 0 fully saturated rings. The minimum Gasteiger partial charge on any atom is -0.303 e.